The van der Waals surface area contributed by atoms with Crippen LogP contribution in [0, 0.1) is 5.92 Å². The first kappa shape index (κ1) is 11.2. The van der Waals surface area contributed by atoms with Gasteiger partial charge in [0, 0.05) is 18.6 Å². The topological polar surface area (TPSA) is 15.3 Å². The van der Waals surface area contributed by atoms with Gasteiger partial charge >= 0.3 is 0 Å². The minimum atomic E-state index is 0.525. The van der Waals surface area contributed by atoms with Crippen molar-refractivity contribution in [2.75, 3.05) is 20.1 Å². The number of fused-ring (bicyclic) bond motifs is 1. The monoisotopic (exact) mass is 230 g/mol. The fourth-order valence-corrected chi connectivity index (χ4v) is 3.53. The van der Waals surface area contributed by atoms with Crippen LogP contribution >= 0.6 is 0 Å². The Morgan fingerprint density at radius 3 is 2.82 bits per heavy atom. The molecule has 3 unspecified atom stereocenters. The molecule has 1 saturated heterocycles. The van der Waals surface area contributed by atoms with Gasteiger partial charge in [0.25, 0.3) is 0 Å². The Bertz CT molecular complexity index is 402. The molecule has 1 aliphatic heterocycles. The Balaban J connectivity index is 1.84. The lowest BCUT2D eigenvalue weighted by Gasteiger charge is -2.29. The smallest absolute Gasteiger partial charge is 0.0481 e. The van der Waals surface area contributed by atoms with E-state index in [1.54, 1.807) is 0 Å². The number of nitrogens with zero attached hydrogens (tertiary/aromatic N) is 1. The SMILES string of the molecule is CNC1c2ccccc2CC1N1CCC(C)C1. The third-order valence-electron chi connectivity index (χ3n) is 4.44. The van der Waals surface area contributed by atoms with Crippen LogP contribution in [-0.2, 0) is 6.42 Å². The molecule has 0 bridgehead atoms. The van der Waals surface area contributed by atoms with Gasteiger partial charge in [0.2, 0.25) is 0 Å². The summed E-state index contributed by atoms with van der Waals surface area (Å²) in [6, 6.07) is 10.1. The van der Waals surface area contributed by atoms with Crippen LogP contribution in [0.1, 0.15) is 30.5 Å². The fraction of sp³-hybridized carbons (Fsp3) is 0.600. The van der Waals surface area contributed by atoms with Crippen molar-refractivity contribution >= 4 is 0 Å². The van der Waals surface area contributed by atoms with Gasteiger partial charge in [-0.1, -0.05) is 31.2 Å². The van der Waals surface area contributed by atoms with Crippen LogP contribution in [0.4, 0.5) is 0 Å². The zero-order valence-electron chi connectivity index (χ0n) is 10.8. The van der Waals surface area contributed by atoms with Gasteiger partial charge in [0.1, 0.15) is 0 Å². The van der Waals surface area contributed by atoms with Gasteiger partial charge < -0.3 is 5.32 Å². The summed E-state index contributed by atoms with van der Waals surface area (Å²) < 4.78 is 0. The first-order valence-electron chi connectivity index (χ1n) is 6.78. The zero-order valence-corrected chi connectivity index (χ0v) is 10.8. The lowest BCUT2D eigenvalue weighted by molar-refractivity contribution is 0.203. The molecular formula is C15H22N2. The van der Waals surface area contributed by atoms with E-state index in [9.17, 15) is 0 Å². The molecule has 2 aliphatic rings. The molecule has 0 amide bonds. The molecule has 92 valence electrons. The second-order valence-electron chi connectivity index (χ2n) is 5.63. The summed E-state index contributed by atoms with van der Waals surface area (Å²) >= 11 is 0. The summed E-state index contributed by atoms with van der Waals surface area (Å²) in [5.74, 6) is 0.871. The second-order valence-corrected chi connectivity index (χ2v) is 5.63. The lowest BCUT2D eigenvalue weighted by Crippen LogP contribution is -2.40. The van der Waals surface area contributed by atoms with Crippen molar-refractivity contribution in [1.82, 2.24) is 10.2 Å². The van der Waals surface area contributed by atoms with Crippen molar-refractivity contribution in [3.63, 3.8) is 0 Å². The van der Waals surface area contributed by atoms with E-state index in [0.717, 1.165) is 5.92 Å². The van der Waals surface area contributed by atoms with Gasteiger partial charge in [-0.15, -0.1) is 0 Å². The van der Waals surface area contributed by atoms with Gasteiger partial charge in [0.15, 0.2) is 0 Å². The Morgan fingerprint density at radius 1 is 1.29 bits per heavy atom. The Labute approximate surface area is 104 Å². The highest BCUT2D eigenvalue weighted by Gasteiger charge is 2.37. The third-order valence-corrected chi connectivity index (χ3v) is 4.44. The maximum absolute atomic E-state index is 3.52. The average Bonchev–Trinajstić information content (AvgIpc) is 2.91. The molecule has 0 saturated carbocycles. The summed E-state index contributed by atoms with van der Waals surface area (Å²) in [4.78, 5) is 2.69. The molecule has 1 fully saturated rings. The zero-order chi connectivity index (χ0) is 11.8. The molecule has 0 spiro atoms. The van der Waals surface area contributed by atoms with E-state index >= 15 is 0 Å². The van der Waals surface area contributed by atoms with Crippen molar-refractivity contribution in [3.8, 4) is 0 Å². The Morgan fingerprint density at radius 2 is 2.12 bits per heavy atom. The van der Waals surface area contributed by atoms with Crippen LogP contribution in [0.25, 0.3) is 0 Å². The molecule has 1 N–H and O–H groups in total. The number of nitrogens with one attached hydrogen (secondary N) is 1. The van der Waals surface area contributed by atoms with Crippen LogP contribution in [0.3, 0.4) is 0 Å². The maximum Gasteiger partial charge on any atom is 0.0481 e. The molecule has 0 radical (unpaired) electrons. The predicted octanol–water partition coefficient (Wildman–Crippen LogP) is 2.21. The van der Waals surface area contributed by atoms with Crippen LogP contribution < -0.4 is 5.32 Å². The van der Waals surface area contributed by atoms with Crippen molar-refractivity contribution in [2.24, 2.45) is 5.92 Å². The molecule has 0 aromatic heterocycles. The van der Waals surface area contributed by atoms with Gasteiger partial charge in [-0.2, -0.15) is 0 Å². The van der Waals surface area contributed by atoms with Crippen LogP contribution in [0.5, 0.6) is 0 Å². The molecule has 17 heavy (non-hydrogen) atoms. The Kier molecular flexibility index (Phi) is 2.93. The molecule has 1 aromatic carbocycles. The predicted molar refractivity (Wildman–Crippen MR) is 71.1 cm³/mol. The molecule has 1 heterocycles. The summed E-state index contributed by atoms with van der Waals surface area (Å²) in [5.41, 5.74) is 3.05. The molecular weight excluding hydrogens is 208 g/mol. The quantitative estimate of drug-likeness (QED) is 0.838. The third kappa shape index (κ3) is 1.90. The van der Waals surface area contributed by atoms with Crippen molar-refractivity contribution in [1.29, 1.82) is 0 Å². The average molecular weight is 230 g/mol. The van der Waals surface area contributed by atoms with E-state index in [1.165, 1.54) is 37.1 Å². The number of likely N-dealkylation sites (N-methyl/N-ethyl adjacent to an activating group) is 1. The summed E-state index contributed by atoms with van der Waals surface area (Å²) in [7, 11) is 2.10. The van der Waals surface area contributed by atoms with E-state index in [1.807, 2.05) is 0 Å². The van der Waals surface area contributed by atoms with E-state index in [2.05, 4.69) is 48.5 Å². The number of rotatable bonds is 2. The highest BCUT2D eigenvalue weighted by molar-refractivity contribution is 5.37. The van der Waals surface area contributed by atoms with Gasteiger partial charge in [0.05, 0.1) is 0 Å². The number of likely N-dealkylation sites (tertiary alicyclic amines) is 1. The highest BCUT2D eigenvalue weighted by atomic mass is 15.2. The van der Waals surface area contributed by atoms with Crippen molar-refractivity contribution in [3.05, 3.63) is 35.4 Å². The van der Waals surface area contributed by atoms with Gasteiger partial charge in [-0.05, 0) is 43.5 Å². The van der Waals surface area contributed by atoms with Crippen molar-refractivity contribution < 1.29 is 0 Å². The molecule has 1 aromatic rings. The summed E-state index contributed by atoms with van der Waals surface area (Å²) in [5, 5.41) is 3.52. The first-order valence-corrected chi connectivity index (χ1v) is 6.78. The first-order chi connectivity index (χ1) is 8.29. The van der Waals surface area contributed by atoms with Crippen molar-refractivity contribution in [2.45, 2.75) is 31.8 Å². The normalized spacial score (nSPS) is 32.9. The second kappa shape index (κ2) is 4.43. The molecule has 1 aliphatic carbocycles. The fourth-order valence-electron chi connectivity index (χ4n) is 3.53. The van der Waals surface area contributed by atoms with Crippen LogP contribution in [-0.4, -0.2) is 31.1 Å². The molecule has 2 nitrogen and oxygen atoms in total. The molecule has 3 rings (SSSR count). The number of hydrogen-bond donors (Lipinski definition) is 1. The van der Waals surface area contributed by atoms with Gasteiger partial charge in [-0.25, -0.2) is 0 Å². The minimum Gasteiger partial charge on any atom is -0.312 e. The standard InChI is InChI=1S/C15H22N2/c1-11-7-8-17(10-11)14-9-12-5-3-4-6-13(12)15(14)16-2/h3-6,11,14-16H,7-10H2,1-2H3. The lowest BCUT2D eigenvalue weighted by atomic mass is 10.1. The molecule has 3 atom stereocenters. The molecule has 2 heteroatoms. The minimum absolute atomic E-state index is 0.525. The van der Waals surface area contributed by atoms with Crippen LogP contribution in [0.2, 0.25) is 0 Å². The Hall–Kier alpha value is -0.860. The number of hydrogen-bond acceptors (Lipinski definition) is 2. The largest absolute Gasteiger partial charge is 0.312 e. The highest BCUT2D eigenvalue weighted by Crippen LogP contribution is 2.36. The van der Waals surface area contributed by atoms with E-state index in [-0.39, 0.29) is 0 Å². The summed E-state index contributed by atoms with van der Waals surface area (Å²) in [6.07, 6.45) is 2.58. The van der Waals surface area contributed by atoms with Crippen LogP contribution in [0.15, 0.2) is 24.3 Å². The van der Waals surface area contributed by atoms with E-state index in [4.69, 9.17) is 0 Å². The van der Waals surface area contributed by atoms with Gasteiger partial charge in [-0.3, -0.25) is 4.90 Å². The summed E-state index contributed by atoms with van der Waals surface area (Å²) in [6.45, 7) is 4.92. The maximum atomic E-state index is 3.52. The van der Waals surface area contributed by atoms with E-state index < -0.39 is 0 Å². The van der Waals surface area contributed by atoms with E-state index in [0.29, 0.717) is 12.1 Å². The number of benzene rings is 1.